The molecule has 7 nitrogen and oxygen atoms in total. The zero-order valence-corrected chi connectivity index (χ0v) is 16.5. The molecule has 9 heteroatoms. The summed E-state index contributed by atoms with van der Waals surface area (Å²) in [6, 6.07) is 19.1. The Morgan fingerprint density at radius 3 is 2.38 bits per heavy atom. The van der Waals surface area contributed by atoms with Crippen molar-refractivity contribution in [2.45, 2.75) is 12.4 Å². The molecule has 2 atom stereocenters. The molecule has 1 aromatic heterocycles. The Kier molecular flexibility index (Phi) is 5.08. The number of fused-ring (bicyclic) bond motifs is 1. The third kappa shape index (κ3) is 3.81. The molecule has 4 aromatic rings. The maximum absolute atomic E-state index is 14.6. The Balaban J connectivity index is 1.51. The van der Waals surface area contributed by atoms with E-state index in [0.29, 0.717) is 28.1 Å². The summed E-state index contributed by atoms with van der Waals surface area (Å²) in [6.45, 7) is 0. The normalized spacial score (nSPS) is 17.7. The van der Waals surface area contributed by atoms with Gasteiger partial charge in [-0.2, -0.15) is 0 Å². The topological polar surface area (TPSA) is 95.6 Å². The number of rotatable bonds is 4. The number of aromatic nitrogens is 2. The summed E-state index contributed by atoms with van der Waals surface area (Å²) in [5.74, 6) is -0.647. The van der Waals surface area contributed by atoms with Crippen molar-refractivity contribution in [3.05, 3.63) is 95.6 Å². The van der Waals surface area contributed by atoms with Crippen LogP contribution in [-0.4, -0.2) is 33.4 Å². The number of nitrogens with zero attached hydrogens (tertiary/aromatic N) is 3. The van der Waals surface area contributed by atoms with E-state index in [1.54, 1.807) is 36.4 Å². The van der Waals surface area contributed by atoms with Crippen molar-refractivity contribution < 1.29 is 18.3 Å². The van der Waals surface area contributed by atoms with Crippen LogP contribution in [0, 0.1) is 11.6 Å². The minimum atomic E-state index is -1.18. The van der Waals surface area contributed by atoms with Crippen LogP contribution in [-0.2, 0) is 0 Å². The van der Waals surface area contributed by atoms with Gasteiger partial charge >= 0.3 is 6.01 Å². The van der Waals surface area contributed by atoms with Crippen LogP contribution in [0.15, 0.2) is 82.2 Å². The third-order valence-corrected chi connectivity index (χ3v) is 4.97. The molecule has 5 rings (SSSR count). The number of hydrogen-bond acceptors (Lipinski definition) is 7. The molecule has 0 fully saturated rings. The number of anilines is 2. The molecule has 0 saturated heterocycles. The average molecular weight is 433 g/mol. The van der Waals surface area contributed by atoms with Gasteiger partial charge in [0.1, 0.15) is 11.6 Å². The molecule has 0 saturated carbocycles. The van der Waals surface area contributed by atoms with Crippen molar-refractivity contribution in [3.63, 3.8) is 0 Å². The molecule has 2 heterocycles. The summed E-state index contributed by atoms with van der Waals surface area (Å²) in [5.41, 5.74) is 2.43. The molecule has 32 heavy (non-hydrogen) atoms. The van der Waals surface area contributed by atoms with E-state index in [4.69, 9.17) is 4.42 Å². The Morgan fingerprint density at radius 1 is 0.875 bits per heavy atom. The maximum Gasteiger partial charge on any atom is 0.317 e. The number of hydrogen-bond donors (Lipinski definition) is 3. The van der Waals surface area contributed by atoms with E-state index in [1.807, 2.05) is 6.07 Å². The smallest absolute Gasteiger partial charge is 0.317 e. The number of aliphatic imine (C=N–C) groups is 1. The second kappa shape index (κ2) is 8.20. The lowest BCUT2D eigenvalue weighted by Crippen LogP contribution is -2.37. The van der Waals surface area contributed by atoms with Crippen molar-refractivity contribution in [2.24, 2.45) is 4.99 Å². The minimum absolute atomic E-state index is 0.00207. The summed E-state index contributed by atoms with van der Waals surface area (Å²) in [6.07, 6.45) is -2.15. The third-order valence-electron chi connectivity index (χ3n) is 4.97. The molecule has 0 spiro atoms. The predicted molar refractivity (Wildman–Crippen MR) is 115 cm³/mol. The van der Waals surface area contributed by atoms with Crippen molar-refractivity contribution in [3.8, 4) is 11.5 Å². The summed E-state index contributed by atoms with van der Waals surface area (Å²) in [4.78, 5) is 4.59. The first-order chi connectivity index (χ1) is 15.6. The highest BCUT2D eigenvalue weighted by Gasteiger charge is 2.28. The Bertz CT molecular complexity index is 1290. The number of benzene rings is 3. The molecular formula is C23H17F2N5O2. The lowest BCUT2D eigenvalue weighted by atomic mass is 10.0. The van der Waals surface area contributed by atoms with Crippen molar-refractivity contribution in [2.75, 3.05) is 10.6 Å². The van der Waals surface area contributed by atoms with Crippen LogP contribution in [0.1, 0.15) is 11.1 Å². The van der Waals surface area contributed by atoms with E-state index in [9.17, 15) is 13.9 Å². The van der Waals surface area contributed by atoms with Crippen molar-refractivity contribution >= 4 is 17.4 Å². The van der Waals surface area contributed by atoms with Gasteiger partial charge in [-0.3, -0.25) is 4.99 Å². The van der Waals surface area contributed by atoms with E-state index >= 15 is 0 Å². The van der Waals surface area contributed by atoms with Crippen LogP contribution < -0.4 is 10.6 Å². The summed E-state index contributed by atoms with van der Waals surface area (Å²) in [7, 11) is 0. The van der Waals surface area contributed by atoms with Gasteiger partial charge in [-0.15, -0.1) is 5.10 Å². The second-order valence-electron chi connectivity index (χ2n) is 7.10. The van der Waals surface area contributed by atoms with E-state index in [1.165, 1.54) is 30.3 Å². The highest BCUT2D eigenvalue weighted by Crippen LogP contribution is 2.27. The first-order valence-electron chi connectivity index (χ1n) is 9.81. The van der Waals surface area contributed by atoms with Crippen molar-refractivity contribution in [1.29, 1.82) is 0 Å². The van der Waals surface area contributed by atoms with Gasteiger partial charge in [-0.05, 0) is 42.5 Å². The van der Waals surface area contributed by atoms with E-state index in [2.05, 4.69) is 25.8 Å². The predicted octanol–water partition coefficient (Wildman–Crippen LogP) is 4.03. The highest BCUT2D eigenvalue weighted by atomic mass is 19.1. The zero-order chi connectivity index (χ0) is 22.1. The number of aliphatic hydroxyl groups excluding tert-OH is 1. The molecular weight excluding hydrogens is 416 g/mol. The fourth-order valence-corrected chi connectivity index (χ4v) is 3.43. The monoisotopic (exact) mass is 433 g/mol. The standard InChI is InChI=1S/C23H17F2N5O2/c24-14-11-9-13(10-12-14)22-29-30-23(32-22)28-20-21(31)26-18-8-4-2-6-16(18)19(27-20)15-5-1-3-7-17(15)25/h1-12,20-21,26,31H,(H,28,30). The Morgan fingerprint density at radius 2 is 1.59 bits per heavy atom. The summed E-state index contributed by atoms with van der Waals surface area (Å²) >= 11 is 0. The van der Waals surface area contributed by atoms with Gasteiger partial charge in [-0.1, -0.05) is 35.4 Å². The first-order valence-corrected chi connectivity index (χ1v) is 9.81. The largest absolute Gasteiger partial charge is 0.403 e. The molecule has 1 aliphatic heterocycles. The molecule has 3 N–H and O–H groups in total. The number of aliphatic hydroxyl groups is 1. The molecule has 3 aromatic carbocycles. The SMILES string of the molecule is OC1Nc2ccccc2C(c2ccccc2F)=NC1Nc1nnc(-c2ccc(F)cc2)o1. The fraction of sp³-hybridized carbons (Fsp3) is 0.0870. The molecule has 160 valence electrons. The highest BCUT2D eigenvalue weighted by molar-refractivity contribution is 6.16. The number of para-hydroxylation sites is 1. The fourth-order valence-electron chi connectivity index (χ4n) is 3.43. The first kappa shape index (κ1) is 19.8. The molecule has 0 bridgehead atoms. The van der Waals surface area contributed by atoms with Gasteiger partial charge in [0, 0.05) is 22.4 Å². The lowest BCUT2D eigenvalue weighted by molar-refractivity contribution is 0.182. The van der Waals surface area contributed by atoms with Crippen LogP contribution in [0.4, 0.5) is 20.5 Å². The van der Waals surface area contributed by atoms with E-state index < -0.39 is 18.2 Å². The van der Waals surface area contributed by atoms with Crippen LogP contribution in [0.25, 0.3) is 11.5 Å². The van der Waals surface area contributed by atoms with Gasteiger partial charge in [0.2, 0.25) is 5.89 Å². The number of benzodiazepines with no additional fused rings is 1. The summed E-state index contributed by atoms with van der Waals surface area (Å²) in [5, 5.41) is 24.5. The van der Waals surface area contributed by atoms with Crippen LogP contribution in [0.5, 0.6) is 0 Å². The van der Waals surface area contributed by atoms with Gasteiger partial charge in [0.05, 0.1) is 5.71 Å². The van der Waals surface area contributed by atoms with Crippen LogP contribution >= 0.6 is 0 Å². The number of nitrogens with one attached hydrogen (secondary N) is 2. The quantitative estimate of drug-likeness (QED) is 0.450. The maximum atomic E-state index is 14.6. The van der Waals surface area contributed by atoms with E-state index in [-0.39, 0.29) is 17.7 Å². The van der Waals surface area contributed by atoms with Crippen LogP contribution in [0.3, 0.4) is 0 Å². The minimum Gasteiger partial charge on any atom is -0.403 e. The van der Waals surface area contributed by atoms with Crippen LogP contribution in [0.2, 0.25) is 0 Å². The Labute approximate surface area is 181 Å². The number of halogens is 2. The van der Waals surface area contributed by atoms with E-state index in [0.717, 1.165) is 0 Å². The Hall–Kier alpha value is -4.11. The second-order valence-corrected chi connectivity index (χ2v) is 7.10. The summed E-state index contributed by atoms with van der Waals surface area (Å²) < 4.78 is 33.4. The van der Waals surface area contributed by atoms with Gasteiger partial charge in [0.25, 0.3) is 0 Å². The lowest BCUT2D eigenvalue weighted by Gasteiger charge is -2.19. The molecule has 0 radical (unpaired) electrons. The van der Waals surface area contributed by atoms with Crippen molar-refractivity contribution in [1.82, 2.24) is 10.2 Å². The molecule has 2 unspecified atom stereocenters. The van der Waals surface area contributed by atoms with Gasteiger partial charge < -0.3 is 20.2 Å². The molecule has 0 aliphatic carbocycles. The molecule has 1 aliphatic rings. The molecule has 0 amide bonds. The van der Waals surface area contributed by atoms with Gasteiger partial charge in [-0.25, -0.2) is 8.78 Å². The average Bonchev–Trinajstić information content (AvgIpc) is 3.21. The zero-order valence-electron chi connectivity index (χ0n) is 16.5. The van der Waals surface area contributed by atoms with Gasteiger partial charge in [0.15, 0.2) is 12.4 Å².